The van der Waals surface area contributed by atoms with Gasteiger partial charge in [-0.05, 0) is 47.7 Å². The monoisotopic (exact) mass is 258 g/mol. The molecule has 0 fully saturated rings. The molecule has 0 heteroatoms. The second kappa shape index (κ2) is 5.34. The fraction of sp³-hybridized carbons (Fsp3) is 0.100. The summed E-state index contributed by atoms with van der Waals surface area (Å²) in [6, 6.07) is 25.9. The van der Waals surface area contributed by atoms with Crippen LogP contribution < -0.4 is 0 Å². The molecule has 3 aromatic carbocycles. The summed E-state index contributed by atoms with van der Waals surface area (Å²) >= 11 is 0. The number of hydrogen-bond acceptors (Lipinski definition) is 0. The highest BCUT2D eigenvalue weighted by Crippen LogP contribution is 2.28. The van der Waals surface area contributed by atoms with E-state index in [0.29, 0.717) is 0 Å². The molecule has 0 atom stereocenters. The third-order valence-electron chi connectivity index (χ3n) is 3.67. The third-order valence-corrected chi connectivity index (χ3v) is 3.67. The smallest absolute Gasteiger partial charge is 0.0152 e. The first-order valence-corrected chi connectivity index (χ1v) is 6.97. The van der Waals surface area contributed by atoms with Gasteiger partial charge in [-0.1, -0.05) is 72.3 Å². The Morgan fingerprint density at radius 3 is 2.05 bits per heavy atom. The SMILES string of the molecule is Cc1ccc(C)c(-c2cccc(-c3ccccc3)c2)c1. The third kappa shape index (κ3) is 2.50. The summed E-state index contributed by atoms with van der Waals surface area (Å²) < 4.78 is 0. The van der Waals surface area contributed by atoms with Crippen molar-refractivity contribution >= 4 is 0 Å². The zero-order valence-corrected chi connectivity index (χ0v) is 11.9. The number of rotatable bonds is 2. The molecule has 0 bridgehead atoms. The zero-order chi connectivity index (χ0) is 13.9. The van der Waals surface area contributed by atoms with E-state index in [1.54, 1.807) is 0 Å². The lowest BCUT2D eigenvalue weighted by atomic mass is 9.95. The van der Waals surface area contributed by atoms with E-state index < -0.39 is 0 Å². The topological polar surface area (TPSA) is 0 Å². The molecular weight excluding hydrogens is 240 g/mol. The molecule has 20 heavy (non-hydrogen) atoms. The summed E-state index contributed by atoms with van der Waals surface area (Å²) in [4.78, 5) is 0. The van der Waals surface area contributed by atoms with Gasteiger partial charge >= 0.3 is 0 Å². The first-order valence-electron chi connectivity index (χ1n) is 6.97. The predicted octanol–water partition coefficient (Wildman–Crippen LogP) is 5.64. The normalized spacial score (nSPS) is 10.5. The van der Waals surface area contributed by atoms with E-state index in [0.717, 1.165) is 0 Å². The molecule has 3 aromatic rings. The lowest BCUT2D eigenvalue weighted by molar-refractivity contribution is 1.39. The van der Waals surface area contributed by atoms with Gasteiger partial charge in [0.05, 0.1) is 0 Å². The van der Waals surface area contributed by atoms with Crippen molar-refractivity contribution in [2.45, 2.75) is 13.8 Å². The Labute approximate surface area is 120 Å². The minimum absolute atomic E-state index is 1.26. The van der Waals surface area contributed by atoms with Crippen molar-refractivity contribution in [3.63, 3.8) is 0 Å². The summed E-state index contributed by atoms with van der Waals surface area (Å²) in [6.45, 7) is 4.31. The van der Waals surface area contributed by atoms with Crippen LogP contribution in [0.15, 0.2) is 72.8 Å². The molecule has 0 radical (unpaired) electrons. The van der Waals surface area contributed by atoms with E-state index in [1.165, 1.54) is 33.4 Å². The van der Waals surface area contributed by atoms with Gasteiger partial charge in [-0.2, -0.15) is 0 Å². The lowest BCUT2D eigenvalue weighted by Crippen LogP contribution is -1.86. The van der Waals surface area contributed by atoms with Gasteiger partial charge in [-0.25, -0.2) is 0 Å². The summed E-state index contributed by atoms with van der Waals surface area (Å²) in [5, 5.41) is 0. The largest absolute Gasteiger partial charge is 0.0622 e. The van der Waals surface area contributed by atoms with Crippen LogP contribution in [-0.2, 0) is 0 Å². The molecule has 0 aliphatic heterocycles. The van der Waals surface area contributed by atoms with E-state index in [-0.39, 0.29) is 0 Å². The Bertz CT molecular complexity index is 724. The molecule has 0 aliphatic carbocycles. The van der Waals surface area contributed by atoms with Gasteiger partial charge in [0, 0.05) is 0 Å². The van der Waals surface area contributed by atoms with Crippen molar-refractivity contribution in [1.29, 1.82) is 0 Å². The average Bonchev–Trinajstić information content (AvgIpc) is 2.51. The van der Waals surface area contributed by atoms with Gasteiger partial charge in [0.1, 0.15) is 0 Å². The van der Waals surface area contributed by atoms with E-state index in [1.807, 2.05) is 0 Å². The van der Waals surface area contributed by atoms with Crippen LogP contribution in [-0.4, -0.2) is 0 Å². The maximum atomic E-state index is 2.27. The highest BCUT2D eigenvalue weighted by atomic mass is 14.1. The standard InChI is InChI=1S/C20H18/c1-15-11-12-16(2)20(13-15)19-10-6-9-18(14-19)17-7-4-3-5-8-17/h3-14H,1-2H3. The van der Waals surface area contributed by atoms with Crippen molar-refractivity contribution in [3.8, 4) is 22.3 Å². The summed E-state index contributed by atoms with van der Waals surface area (Å²) in [7, 11) is 0. The molecule has 3 rings (SSSR count). The molecule has 0 aliphatic rings. The van der Waals surface area contributed by atoms with Crippen LogP contribution >= 0.6 is 0 Å². The minimum Gasteiger partial charge on any atom is -0.0622 e. The minimum atomic E-state index is 1.26. The Morgan fingerprint density at radius 2 is 1.25 bits per heavy atom. The molecule has 98 valence electrons. The average molecular weight is 258 g/mol. The van der Waals surface area contributed by atoms with E-state index in [2.05, 4.69) is 86.6 Å². The molecule has 0 heterocycles. The highest BCUT2D eigenvalue weighted by molar-refractivity contribution is 5.75. The quantitative estimate of drug-likeness (QED) is 0.558. The van der Waals surface area contributed by atoms with Crippen molar-refractivity contribution in [3.05, 3.63) is 83.9 Å². The zero-order valence-electron chi connectivity index (χ0n) is 11.9. The van der Waals surface area contributed by atoms with E-state index in [4.69, 9.17) is 0 Å². The molecule has 0 N–H and O–H groups in total. The van der Waals surface area contributed by atoms with Crippen LogP contribution in [0, 0.1) is 13.8 Å². The molecular formula is C20H18. The van der Waals surface area contributed by atoms with Gasteiger partial charge in [0.15, 0.2) is 0 Å². The lowest BCUT2D eigenvalue weighted by Gasteiger charge is -2.09. The Balaban J connectivity index is 2.10. The van der Waals surface area contributed by atoms with Gasteiger partial charge in [-0.3, -0.25) is 0 Å². The van der Waals surface area contributed by atoms with E-state index >= 15 is 0 Å². The molecule has 0 unspecified atom stereocenters. The van der Waals surface area contributed by atoms with Crippen molar-refractivity contribution < 1.29 is 0 Å². The molecule has 0 aromatic heterocycles. The molecule has 0 amide bonds. The van der Waals surface area contributed by atoms with Gasteiger partial charge in [0.2, 0.25) is 0 Å². The summed E-state index contributed by atoms with van der Waals surface area (Å²) in [6.07, 6.45) is 0. The van der Waals surface area contributed by atoms with Crippen LogP contribution in [0.25, 0.3) is 22.3 Å². The van der Waals surface area contributed by atoms with Crippen LogP contribution in [0.4, 0.5) is 0 Å². The molecule has 0 nitrogen and oxygen atoms in total. The van der Waals surface area contributed by atoms with Gasteiger partial charge in [-0.15, -0.1) is 0 Å². The molecule has 0 saturated carbocycles. The number of hydrogen-bond donors (Lipinski definition) is 0. The van der Waals surface area contributed by atoms with Crippen molar-refractivity contribution in [2.24, 2.45) is 0 Å². The van der Waals surface area contributed by atoms with Crippen LogP contribution in [0.5, 0.6) is 0 Å². The summed E-state index contributed by atoms with van der Waals surface area (Å²) in [5.41, 5.74) is 7.76. The Hall–Kier alpha value is -2.34. The van der Waals surface area contributed by atoms with E-state index in [9.17, 15) is 0 Å². The molecule has 0 spiro atoms. The van der Waals surface area contributed by atoms with Gasteiger partial charge < -0.3 is 0 Å². The van der Waals surface area contributed by atoms with Crippen molar-refractivity contribution in [2.75, 3.05) is 0 Å². The van der Waals surface area contributed by atoms with Crippen LogP contribution in [0.1, 0.15) is 11.1 Å². The van der Waals surface area contributed by atoms with Crippen LogP contribution in [0.2, 0.25) is 0 Å². The Morgan fingerprint density at radius 1 is 0.550 bits per heavy atom. The second-order valence-corrected chi connectivity index (χ2v) is 5.27. The number of aryl methyl sites for hydroxylation is 2. The van der Waals surface area contributed by atoms with Crippen molar-refractivity contribution in [1.82, 2.24) is 0 Å². The second-order valence-electron chi connectivity index (χ2n) is 5.27. The first kappa shape index (κ1) is 12.7. The van der Waals surface area contributed by atoms with Crippen LogP contribution in [0.3, 0.4) is 0 Å². The maximum absolute atomic E-state index is 2.27. The first-order chi connectivity index (χ1) is 9.74. The Kier molecular flexibility index (Phi) is 3.39. The predicted molar refractivity (Wildman–Crippen MR) is 86.8 cm³/mol. The highest BCUT2D eigenvalue weighted by Gasteiger charge is 2.04. The van der Waals surface area contributed by atoms with Gasteiger partial charge in [0.25, 0.3) is 0 Å². The number of benzene rings is 3. The molecule has 0 saturated heterocycles. The fourth-order valence-corrected chi connectivity index (χ4v) is 2.54. The maximum Gasteiger partial charge on any atom is -0.0152 e. The summed E-state index contributed by atoms with van der Waals surface area (Å²) in [5.74, 6) is 0. The fourth-order valence-electron chi connectivity index (χ4n) is 2.54.